The van der Waals surface area contributed by atoms with Crippen molar-refractivity contribution in [3.63, 3.8) is 0 Å². The van der Waals surface area contributed by atoms with Gasteiger partial charge in [-0.25, -0.2) is 0 Å². The van der Waals surface area contributed by atoms with Gasteiger partial charge in [0.15, 0.2) is 11.5 Å². The van der Waals surface area contributed by atoms with Crippen molar-refractivity contribution in [3.05, 3.63) is 23.3 Å². The maximum Gasteiger partial charge on any atom is 0.161 e. The van der Waals surface area contributed by atoms with Crippen LogP contribution in [0.1, 0.15) is 17.2 Å². The third-order valence-electron chi connectivity index (χ3n) is 2.93. The first-order valence-electron chi connectivity index (χ1n) is 5.65. The number of ether oxygens (including phenoxy) is 2. The Morgan fingerprint density at radius 3 is 2.35 bits per heavy atom. The van der Waals surface area contributed by atoms with Gasteiger partial charge in [-0.05, 0) is 44.3 Å². The molecule has 4 nitrogen and oxygen atoms in total. The van der Waals surface area contributed by atoms with Gasteiger partial charge < -0.3 is 14.3 Å². The number of carbonyl (C=O) groups excluding carboxylic acids is 1. The molecule has 0 amide bonds. The molecule has 17 heavy (non-hydrogen) atoms. The number of aldehydes is 1. The zero-order chi connectivity index (χ0) is 12.4. The first-order valence-corrected chi connectivity index (χ1v) is 5.65. The normalized spacial score (nSPS) is 15.8. The number of nitrogens with zero attached hydrogens (tertiary/aromatic N) is 1. The summed E-state index contributed by atoms with van der Waals surface area (Å²) in [5.41, 5.74) is 2.01. The lowest BCUT2D eigenvalue weighted by atomic mass is 10.0. The van der Waals surface area contributed by atoms with Crippen molar-refractivity contribution >= 4 is 6.29 Å². The topological polar surface area (TPSA) is 38.8 Å². The number of carbonyl (C=O) groups is 1. The average molecular weight is 235 g/mol. The summed E-state index contributed by atoms with van der Waals surface area (Å²) in [6.45, 7) is 3.12. The van der Waals surface area contributed by atoms with Crippen LogP contribution in [0.5, 0.6) is 11.5 Å². The molecule has 0 aromatic heterocycles. The Kier molecular flexibility index (Phi) is 3.33. The van der Waals surface area contributed by atoms with Crippen LogP contribution in [-0.2, 0) is 4.79 Å². The molecule has 4 heteroatoms. The van der Waals surface area contributed by atoms with Gasteiger partial charge in [0.1, 0.15) is 19.5 Å². The van der Waals surface area contributed by atoms with Crippen LogP contribution < -0.4 is 9.47 Å². The van der Waals surface area contributed by atoms with E-state index in [9.17, 15) is 4.79 Å². The van der Waals surface area contributed by atoms with Crippen LogP contribution in [0.4, 0.5) is 0 Å². The summed E-state index contributed by atoms with van der Waals surface area (Å²) in [5, 5.41) is 0. The minimum atomic E-state index is -0.245. The second-order valence-corrected chi connectivity index (χ2v) is 4.40. The molecule has 1 heterocycles. The highest BCUT2D eigenvalue weighted by Gasteiger charge is 2.20. The van der Waals surface area contributed by atoms with E-state index in [0.717, 1.165) is 28.9 Å². The smallest absolute Gasteiger partial charge is 0.161 e. The monoisotopic (exact) mass is 235 g/mol. The minimum Gasteiger partial charge on any atom is -0.486 e. The lowest BCUT2D eigenvalue weighted by Crippen LogP contribution is -2.23. The Hall–Kier alpha value is -1.55. The molecule has 0 N–H and O–H groups in total. The molecule has 2 rings (SSSR count). The molecule has 0 fully saturated rings. The molecule has 1 aromatic rings. The molecule has 0 spiro atoms. The van der Waals surface area contributed by atoms with Crippen molar-refractivity contribution in [1.29, 1.82) is 0 Å². The van der Waals surface area contributed by atoms with Gasteiger partial charge in [0, 0.05) is 0 Å². The largest absolute Gasteiger partial charge is 0.486 e. The predicted molar refractivity (Wildman–Crippen MR) is 64.7 cm³/mol. The molecule has 1 aliphatic rings. The fourth-order valence-electron chi connectivity index (χ4n) is 2.00. The summed E-state index contributed by atoms with van der Waals surface area (Å²) >= 11 is 0. The van der Waals surface area contributed by atoms with Gasteiger partial charge in [-0.3, -0.25) is 4.90 Å². The van der Waals surface area contributed by atoms with E-state index in [2.05, 4.69) is 0 Å². The van der Waals surface area contributed by atoms with Crippen molar-refractivity contribution in [3.8, 4) is 11.5 Å². The molecule has 0 saturated carbocycles. The predicted octanol–water partition coefficient (Wildman–Crippen LogP) is 1.57. The van der Waals surface area contributed by atoms with Crippen LogP contribution in [0.2, 0.25) is 0 Å². The summed E-state index contributed by atoms with van der Waals surface area (Å²) in [6, 6.07) is 3.60. The summed E-state index contributed by atoms with van der Waals surface area (Å²) in [4.78, 5) is 13.0. The first kappa shape index (κ1) is 11.9. The number of rotatable bonds is 3. The molecular formula is C13H17NO3. The van der Waals surface area contributed by atoms with Gasteiger partial charge in [0.25, 0.3) is 0 Å². The average Bonchev–Trinajstić information content (AvgIpc) is 2.30. The molecule has 0 saturated heterocycles. The number of likely N-dealkylation sites (N-methyl/N-ethyl adjacent to an activating group) is 1. The number of fused-ring (bicyclic) bond motifs is 1. The number of hydrogen-bond donors (Lipinski definition) is 0. The Labute approximate surface area is 101 Å². The van der Waals surface area contributed by atoms with E-state index in [1.807, 2.05) is 38.1 Å². The Morgan fingerprint density at radius 2 is 1.82 bits per heavy atom. The molecule has 0 radical (unpaired) electrons. The molecule has 0 aliphatic carbocycles. The molecule has 1 unspecified atom stereocenters. The highest BCUT2D eigenvalue weighted by atomic mass is 16.6. The third-order valence-corrected chi connectivity index (χ3v) is 2.93. The Balaban J connectivity index is 2.43. The van der Waals surface area contributed by atoms with Crippen molar-refractivity contribution < 1.29 is 14.3 Å². The molecule has 0 bridgehead atoms. The van der Waals surface area contributed by atoms with Crippen LogP contribution in [0.15, 0.2) is 12.1 Å². The Morgan fingerprint density at radius 1 is 1.24 bits per heavy atom. The van der Waals surface area contributed by atoms with Crippen molar-refractivity contribution in [2.45, 2.75) is 13.0 Å². The van der Waals surface area contributed by atoms with E-state index in [4.69, 9.17) is 9.47 Å². The number of aryl methyl sites for hydroxylation is 1. The van der Waals surface area contributed by atoms with Gasteiger partial charge in [0.2, 0.25) is 0 Å². The van der Waals surface area contributed by atoms with Gasteiger partial charge >= 0.3 is 0 Å². The summed E-state index contributed by atoms with van der Waals surface area (Å²) < 4.78 is 11.0. The number of benzene rings is 1. The first-order chi connectivity index (χ1) is 8.13. The van der Waals surface area contributed by atoms with E-state index in [0.29, 0.717) is 13.2 Å². The second-order valence-electron chi connectivity index (χ2n) is 4.40. The van der Waals surface area contributed by atoms with Crippen molar-refractivity contribution in [1.82, 2.24) is 4.90 Å². The zero-order valence-corrected chi connectivity index (χ0v) is 10.4. The zero-order valence-electron chi connectivity index (χ0n) is 10.4. The van der Waals surface area contributed by atoms with Crippen LogP contribution in [0.25, 0.3) is 0 Å². The third kappa shape index (κ3) is 2.26. The number of hydrogen-bond acceptors (Lipinski definition) is 4. The van der Waals surface area contributed by atoms with E-state index >= 15 is 0 Å². The molecule has 1 aromatic carbocycles. The highest BCUT2D eigenvalue weighted by Crippen LogP contribution is 2.35. The highest BCUT2D eigenvalue weighted by molar-refractivity contribution is 5.64. The lowest BCUT2D eigenvalue weighted by Gasteiger charge is -2.24. The SMILES string of the molecule is Cc1cc2c(cc1C(C=O)N(C)C)OCCO2. The minimum absolute atomic E-state index is 0.245. The maximum absolute atomic E-state index is 11.2. The fourth-order valence-corrected chi connectivity index (χ4v) is 2.00. The molecular weight excluding hydrogens is 218 g/mol. The van der Waals surface area contributed by atoms with Gasteiger partial charge in [-0.15, -0.1) is 0 Å². The maximum atomic E-state index is 11.2. The van der Waals surface area contributed by atoms with Gasteiger partial charge in [0.05, 0.1) is 6.04 Å². The molecule has 1 aliphatic heterocycles. The standard InChI is InChI=1S/C13H17NO3/c1-9-6-12-13(17-5-4-16-12)7-10(9)11(8-15)14(2)3/h6-8,11H,4-5H2,1-3H3. The van der Waals surface area contributed by atoms with Crippen LogP contribution in [0.3, 0.4) is 0 Å². The van der Waals surface area contributed by atoms with Gasteiger partial charge in [-0.2, -0.15) is 0 Å². The molecule has 92 valence electrons. The fraction of sp³-hybridized carbons (Fsp3) is 0.462. The van der Waals surface area contributed by atoms with Crippen molar-refractivity contribution in [2.24, 2.45) is 0 Å². The summed E-state index contributed by atoms with van der Waals surface area (Å²) in [7, 11) is 3.77. The lowest BCUT2D eigenvalue weighted by molar-refractivity contribution is -0.111. The van der Waals surface area contributed by atoms with E-state index in [-0.39, 0.29) is 6.04 Å². The quantitative estimate of drug-likeness (QED) is 0.745. The van der Waals surface area contributed by atoms with E-state index in [1.54, 1.807) is 0 Å². The second kappa shape index (κ2) is 4.75. The molecule has 1 atom stereocenters. The van der Waals surface area contributed by atoms with Crippen LogP contribution >= 0.6 is 0 Å². The van der Waals surface area contributed by atoms with Crippen LogP contribution in [0, 0.1) is 6.92 Å². The Bertz CT molecular complexity index is 429. The summed E-state index contributed by atoms with van der Waals surface area (Å²) in [6.07, 6.45) is 0.943. The summed E-state index contributed by atoms with van der Waals surface area (Å²) in [5.74, 6) is 1.49. The van der Waals surface area contributed by atoms with E-state index in [1.165, 1.54) is 0 Å². The van der Waals surface area contributed by atoms with Gasteiger partial charge in [-0.1, -0.05) is 0 Å². The van der Waals surface area contributed by atoms with Crippen molar-refractivity contribution in [2.75, 3.05) is 27.3 Å². The van der Waals surface area contributed by atoms with E-state index < -0.39 is 0 Å². The van der Waals surface area contributed by atoms with Crippen LogP contribution in [-0.4, -0.2) is 38.5 Å².